The molecule has 9 heteroatoms. The molecule has 2 aromatic carbocycles. The van der Waals surface area contributed by atoms with Gasteiger partial charge in [-0.3, -0.25) is 14.6 Å². The number of carbonyl (C=O) groups is 3. The number of amides is 3. The number of nitrogens with zero attached hydrogens (tertiary/aromatic N) is 4. The summed E-state index contributed by atoms with van der Waals surface area (Å²) in [5, 5.41) is 1.05. The van der Waals surface area contributed by atoms with Crippen LogP contribution in [0.1, 0.15) is 66.0 Å². The predicted octanol–water partition coefficient (Wildman–Crippen LogP) is 4.40. The Hall–Kier alpha value is -3.69. The molecule has 0 spiro atoms. The number of aromatic nitrogens is 1. The highest BCUT2D eigenvalue weighted by Gasteiger charge is 2.48. The average Bonchev–Trinajstić information content (AvgIpc) is 3.39. The van der Waals surface area contributed by atoms with E-state index in [9.17, 15) is 14.4 Å². The third-order valence-corrected chi connectivity index (χ3v) is 8.52. The minimum absolute atomic E-state index is 0.167. The van der Waals surface area contributed by atoms with Gasteiger partial charge in [-0.15, -0.1) is 0 Å². The molecule has 9 nitrogen and oxygen atoms in total. The lowest BCUT2D eigenvalue weighted by atomic mass is 9.95. The summed E-state index contributed by atoms with van der Waals surface area (Å²) in [6, 6.07) is 13.3. The Balaban J connectivity index is 1.32. The van der Waals surface area contributed by atoms with Crippen molar-refractivity contribution in [1.82, 2.24) is 19.3 Å². The van der Waals surface area contributed by atoms with E-state index in [2.05, 4.69) is 27.7 Å². The second-order valence-electron chi connectivity index (χ2n) is 12.6. The van der Waals surface area contributed by atoms with Gasteiger partial charge >= 0.3 is 12.0 Å². The number of hydrogen-bond acceptors (Lipinski definition) is 6. The largest absolute Gasteiger partial charge is 0.456 e. The number of likely N-dealkylation sites (N-methyl/N-ethyl adjacent to an activating group) is 1. The average molecular weight is 573 g/mol. The first-order valence-corrected chi connectivity index (χ1v) is 14.9. The highest BCUT2D eigenvalue weighted by atomic mass is 16.6. The molecule has 1 aromatic heterocycles. The van der Waals surface area contributed by atoms with Gasteiger partial charge < -0.3 is 18.9 Å². The number of ether oxygens (including phenoxy) is 2. The second-order valence-corrected chi connectivity index (χ2v) is 12.6. The number of benzene rings is 2. The monoisotopic (exact) mass is 572 g/mol. The zero-order chi connectivity index (χ0) is 29.6. The molecule has 0 N–H and O–H groups in total. The standard InChI is InChI=1S/C33H40N4O5/c1-33(2,3)42-31(39)24-10-7-23(8-11-24)21-37-26-12-9-22(6-5-14-35-16-18-41-19-17-35)20-25(26)28-27(37)13-15-36-29(28)30(38)34(4)32(36)40/h7-12,20,29H,5-6,13-19,21H2,1-4H3. The molecule has 0 bridgehead atoms. The molecule has 3 amide bonds. The number of esters is 1. The summed E-state index contributed by atoms with van der Waals surface area (Å²) in [7, 11) is 1.57. The Morgan fingerprint density at radius 1 is 1.00 bits per heavy atom. The lowest BCUT2D eigenvalue weighted by Gasteiger charge is -2.28. The zero-order valence-corrected chi connectivity index (χ0v) is 25.0. The molecular formula is C33H40N4O5. The highest BCUT2D eigenvalue weighted by molar-refractivity contribution is 6.07. The predicted molar refractivity (Wildman–Crippen MR) is 160 cm³/mol. The molecule has 4 heterocycles. The molecule has 3 aliphatic heterocycles. The first-order valence-electron chi connectivity index (χ1n) is 14.9. The molecule has 3 aliphatic rings. The number of fused-ring (bicyclic) bond motifs is 5. The number of hydrogen-bond donors (Lipinski definition) is 0. The molecule has 2 fully saturated rings. The summed E-state index contributed by atoms with van der Waals surface area (Å²) in [6.07, 6.45) is 2.67. The lowest BCUT2D eigenvalue weighted by molar-refractivity contribution is -0.127. The quantitative estimate of drug-likeness (QED) is 0.308. The molecule has 1 unspecified atom stereocenters. The minimum Gasteiger partial charge on any atom is -0.456 e. The van der Waals surface area contributed by atoms with Crippen molar-refractivity contribution in [2.45, 2.75) is 58.2 Å². The number of urea groups is 1. The Labute approximate surface area is 246 Å². The smallest absolute Gasteiger partial charge is 0.338 e. The Morgan fingerprint density at radius 3 is 2.43 bits per heavy atom. The second kappa shape index (κ2) is 11.2. The molecule has 0 radical (unpaired) electrons. The van der Waals surface area contributed by atoms with Crippen LogP contribution in [0.4, 0.5) is 4.79 Å². The summed E-state index contributed by atoms with van der Waals surface area (Å²) in [5.41, 5.74) is 5.36. The van der Waals surface area contributed by atoms with Crippen LogP contribution in [-0.2, 0) is 33.7 Å². The summed E-state index contributed by atoms with van der Waals surface area (Å²) in [6.45, 7) is 11.3. The Bertz CT molecular complexity index is 1510. The van der Waals surface area contributed by atoms with Gasteiger partial charge in [-0.25, -0.2) is 9.59 Å². The normalized spacial score (nSPS) is 19.4. The Kier molecular flexibility index (Phi) is 7.57. The van der Waals surface area contributed by atoms with E-state index in [0.717, 1.165) is 73.4 Å². The Morgan fingerprint density at radius 2 is 1.71 bits per heavy atom. The van der Waals surface area contributed by atoms with Gasteiger partial charge in [0.15, 0.2) is 0 Å². The van der Waals surface area contributed by atoms with Crippen molar-refractivity contribution in [2.24, 2.45) is 0 Å². The van der Waals surface area contributed by atoms with Gasteiger partial charge in [0.1, 0.15) is 11.6 Å². The SMILES string of the molecule is CN1C(=O)C2c3c(n(Cc4ccc(C(=O)OC(C)(C)C)cc4)c4ccc(CCCN5CCOCC5)cc34)CCN2C1=O. The molecule has 6 rings (SSSR count). The number of imide groups is 1. The molecule has 222 valence electrons. The van der Waals surface area contributed by atoms with Crippen molar-refractivity contribution >= 4 is 28.8 Å². The number of carbonyl (C=O) groups excluding carboxylic acids is 3. The maximum atomic E-state index is 13.4. The van der Waals surface area contributed by atoms with E-state index < -0.39 is 11.6 Å². The van der Waals surface area contributed by atoms with E-state index in [1.807, 2.05) is 45.0 Å². The fourth-order valence-electron chi connectivity index (χ4n) is 6.43. The topological polar surface area (TPSA) is 84.3 Å². The highest BCUT2D eigenvalue weighted by Crippen LogP contribution is 2.42. The zero-order valence-electron chi connectivity index (χ0n) is 25.0. The lowest BCUT2D eigenvalue weighted by Crippen LogP contribution is -2.36. The van der Waals surface area contributed by atoms with Gasteiger partial charge in [-0.05, 0) is 75.5 Å². The van der Waals surface area contributed by atoms with E-state index in [0.29, 0.717) is 25.1 Å². The summed E-state index contributed by atoms with van der Waals surface area (Å²) >= 11 is 0. The first kappa shape index (κ1) is 28.4. The van der Waals surface area contributed by atoms with Crippen LogP contribution in [0.3, 0.4) is 0 Å². The number of rotatable bonds is 7. The van der Waals surface area contributed by atoms with E-state index in [-0.39, 0.29) is 17.9 Å². The van der Waals surface area contributed by atoms with Crippen LogP contribution >= 0.6 is 0 Å². The summed E-state index contributed by atoms with van der Waals surface area (Å²) in [5.74, 6) is -0.507. The number of aryl methyl sites for hydroxylation is 1. The molecule has 0 saturated carbocycles. The molecule has 42 heavy (non-hydrogen) atoms. The van der Waals surface area contributed by atoms with E-state index in [1.54, 1.807) is 11.9 Å². The maximum Gasteiger partial charge on any atom is 0.338 e. The van der Waals surface area contributed by atoms with Crippen LogP contribution in [0, 0.1) is 0 Å². The third-order valence-electron chi connectivity index (χ3n) is 8.52. The maximum absolute atomic E-state index is 13.4. The van der Waals surface area contributed by atoms with Crippen LogP contribution in [0.5, 0.6) is 0 Å². The fraction of sp³-hybridized carbons (Fsp3) is 0.485. The van der Waals surface area contributed by atoms with Crippen molar-refractivity contribution in [1.29, 1.82) is 0 Å². The number of morpholine rings is 1. The van der Waals surface area contributed by atoms with Gasteiger partial charge in [0.05, 0.1) is 18.8 Å². The van der Waals surface area contributed by atoms with Crippen molar-refractivity contribution in [3.63, 3.8) is 0 Å². The summed E-state index contributed by atoms with van der Waals surface area (Å²) < 4.78 is 13.3. The fourth-order valence-corrected chi connectivity index (χ4v) is 6.43. The molecule has 1 atom stereocenters. The van der Waals surface area contributed by atoms with Gasteiger partial charge in [0, 0.05) is 61.8 Å². The van der Waals surface area contributed by atoms with E-state index in [4.69, 9.17) is 9.47 Å². The third kappa shape index (κ3) is 5.43. The van der Waals surface area contributed by atoms with Crippen molar-refractivity contribution in [3.8, 4) is 0 Å². The van der Waals surface area contributed by atoms with Crippen molar-refractivity contribution in [3.05, 3.63) is 70.4 Å². The van der Waals surface area contributed by atoms with Gasteiger partial charge in [-0.1, -0.05) is 18.2 Å². The van der Waals surface area contributed by atoms with Crippen LogP contribution in [0.25, 0.3) is 10.9 Å². The van der Waals surface area contributed by atoms with Crippen LogP contribution in [0.2, 0.25) is 0 Å². The van der Waals surface area contributed by atoms with E-state index in [1.165, 1.54) is 10.5 Å². The molecular weight excluding hydrogens is 532 g/mol. The van der Waals surface area contributed by atoms with Crippen molar-refractivity contribution in [2.75, 3.05) is 46.4 Å². The molecule has 2 saturated heterocycles. The first-order chi connectivity index (χ1) is 20.1. The van der Waals surface area contributed by atoms with Gasteiger partial charge in [0.2, 0.25) is 0 Å². The van der Waals surface area contributed by atoms with Crippen LogP contribution in [0.15, 0.2) is 42.5 Å². The van der Waals surface area contributed by atoms with Crippen molar-refractivity contribution < 1.29 is 23.9 Å². The van der Waals surface area contributed by atoms with E-state index >= 15 is 0 Å². The molecule has 3 aromatic rings. The van der Waals surface area contributed by atoms with Crippen LogP contribution < -0.4 is 0 Å². The minimum atomic E-state index is -0.590. The van der Waals surface area contributed by atoms with Crippen LogP contribution in [-0.4, -0.2) is 89.2 Å². The summed E-state index contributed by atoms with van der Waals surface area (Å²) in [4.78, 5) is 44.2. The van der Waals surface area contributed by atoms with Gasteiger partial charge in [0.25, 0.3) is 5.91 Å². The van der Waals surface area contributed by atoms with Gasteiger partial charge in [-0.2, -0.15) is 0 Å². The molecule has 0 aliphatic carbocycles.